The zero-order chi connectivity index (χ0) is 4.99. The molecule has 2 N–H and O–H groups in total. The molecule has 0 aliphatic carbocycles. The van der Waals surface area contributed by atoms with E-state index in [1.807, 2.05) is 0 Å². The molecule has 0 spiro atoms. The standard InChI is InChI=1S/C3H5NOS/c1-2-3-6(4)5/h3H,1,4H2. The van der Waals surface area contributed by atoms with Gasteiger partial charge < -0.3 is 0 Å². The molecule has 2 nitrogen and oxygen atoms in total. The molecule has 0 fully saturated rings. The molecule has 3 heteroatoms. The van der Waals surface area contributed by atoms with Crippen LogP contribution in [0.15, 0.2) is 17.7 Å². The van der Waals surface area contributed by atoms with E-state index in [0.717, 1.165) is 0 Å². The predicted molar refractivity (Wildman–Crippen MR) is 26.0 cm³/mol. The van der Waals surface area contributed by atoms with Gasteiger partial charge in [0.1, 0.15) is 11.0 Å². The average Bonchev–Trinajstić information content (AvgIpc) is 1.35. The Labute approximate surface area is 38.9 Å². The summed E-state index contributed by atoms with van der Waals surface area (Å²) in [5.41, 5.74) is 2.27. The van der Waals surface area contributed by atoms with E-state index in [2.05, 4.69) is 12.3 Å². The molecule has 0 amide bonds. The van der Waals surface area contributed by atoms with Gasteiger partial charge in [-0.05, 0) is 0 Å². The highest BCUT2D eigenvalue weighted by Crippen LogP contribution is 1.62. The number of hydrogen-bond acceptors (Lipinski definition) is 1. The fourth-order valence-electron chi connectivity index (χ4n) is 0.0821. The van der Waals surface area contributed by atoms with Crippen LogP contribution in [-0.2, 0) is 11.0 Å². The van der Waals surface area contributed by atoms with Crippen molar-refractivity contribution in [3.8, 4) is 0 Å². The van der Waals surface area contributed by atoms with Gasteiger partial charge in [0, 0.05) is 0 Å². The van der Waals surface area contributed by atoms with Crippen molar-refractivity contribution in [1.29, 1.82) is 0 Å². The maximum Gasteiger partial charge on any atom is 0.122 e. The van der Waals surface area contributed by atoms with E-state index in [1.165, 1.54) is 5.41 Å². The summed E-state index contributed by atoms with van der Waals surface area (Å²) in [5.74, 6) is 0. The van der Waals surface area contributed by atoms with Crippen molar-refractivity contribution in [2.24, 2.45) is 5.14 Å². The summed E-state index contributed by atoms with van der Waals surface area (Å²) in [6.45, 7) is 3.15. The van der Waals surface area contributed by atoms with Crippen LogP contribution in [0.3, 0.4) is 0 Å². The average molecular weight is 103 g/mol. The third-order valence-electron chi connectivity index (χ3n) is 0.199. The van der Waals surface area contributed by atoms with E-state index >= 15 is 0 Å². The SMILES string of the molecule is C=C=CS(N)=O. The first-order valence-electron chi connectivity index (χ1n) is 1.28. The van der Waals surface area contributed by atoms with Crippen molar-refractivity contribution in [2.75, 3.05) is 0 Å². The molecule has 1 atom stereocenters. The fourth-order valence-corrected chi connectivity index (χ4v) is 0.246. The third-order valence-corrected chi connectivity index (χ3v) is 0.598. The minimum atomic E-state index is -1.36. The summed E-state index contributed by atoms with van der Waals surface area (Å²) in [4.78, 5) is 0. The second-order valence-electron chi connectivity index (χ2n) is 0.651. The molecule has 0 bridgehead atoms. The maximum atomic E-state index is 9.77. The topological polar surface area (TPSA) is 43.1 Å². The van der Waals surface area contributed by atoms with Crippen molar-refractivity contribution in [3.63, 3.8) is 0 Å². The minimum absolute atomic E-state index is 1.18. The van der Waals surface area contributed by atoms with Gasteiger partial charge in [-0.25, -0.2) is 9.35 Å². The summed E-state index contributed by atoms with van der Waals surface area (Å²) in [6, 6.07) is 0. The van der Waals surface area contributed by atoms with Gasteiger partial charge in [-0.3, -0.25) is 0 Å². The third kappa shape index (κ3) is 3.63. The van der Waals surface area contributed by atoms with Gasteiger partial charge in [0.15, 0.2) is 0 Å². The van der Waals surface area contributed by atoms with E-state index in [-0.39, 0.29) is 0 Å². The van der Waals surface area contributed by atoms with E-state index in [9.17, 15) is 4.21 Å². The highest BCUT2D eigenvalue weighted by atomic mass is 32.2. The smallest absolute Gasteiger partial charge is 0.122 e. The van der Waals surface area contributed by atoms with Crippen molar-refractivity contribution < 1.29 is 4.21 Å². The van der Waals surface area contributed by atoms with Crippen LogP contribution in [0.5, 0.6) is 0 Å². The molecular formula is C3H5NOS. The van der Waals surface area contributed by atoms with Gasteiger partial charge in [0.2, 0.25) is 0 Å². The van der Waals surface area contributed by atoms with Crippen molar-refractivity contribution in [1.82, 2.24) is 0 Å². The minimum Gasteiger partial charge on any atom is -0.248 e. The quantitative estimate of drug-likeness (QED) is 0.463. The summed E-state index contributed by atoms with van der Waals surface area (Å²) >= 11 is 0. The Balaban J connectivity index is 3.60. The molecule has 0 aromatic carbocycles. The lowest BCUT2D eigenvalue weighted by molar-refractivity contribution is 0.689. The molecule has 0 aromatic rings. The zero-order valence-electron chi connectivity index (χ0n) is 3.18. The van der Waals surface area contributed by atoms with Crippen LogP contribution in [0.4, 0.5) is 0 Å². The first-order chi connectivity index (χ1) is 2.77. The van der Waals surface area contributed by atoms with Gasteiger partial charge in [-0.2, -0.15) is 0 Å². The molecule has 1 unspecified atom stereocenters. The molecule has 6 heavy (non-hydrogen) atoms. The van der Waals surface area contributed by atoms with Gasteiger partial charge >= 0.3 is 0 Å². The number of hydrogen-bond donors (Lipinski definition) is 1. The Morgan fingerprint density at radius 1 is 2.00 bits per heavy atom. The summed E-state index contributed by atoms with van der Waals surface area (Å²) in [7, 11) is -1.36. The molecule has 0 saturated carbocycles. The van der Waals surface area contributed by atoms with E-state index in [4.69, 9.17) is 5.14 Å². The van der Waals surface area contributed by atoms with Crippen LogP contribution in [0, 0.1) is 0 Å². The van der Waals surface area contributed by atoms with Crippen LogP contribution in [0.1, 0.15) is 0 Å². The van der Waals surface area contributed by atoms with Gasteiger partial charge in [-0.15, -0.1) is 5.73 Å². The molecule has 0 aliphatic rings. The molecule has 0 radical (unpaired) electrons. The molecule has 0 aliphatic heterocycles. The Hall–Kier alpha value is -0.370. The summed E-state index contributed by atoms with van der Waals surface area (Å²) < 4.78 is 9.77. The van der Waals surface area contributed by atoms with Crippen molar-refractivity contribution in [2.45, 2.75) is 0 Å². The first kappa shape index (κ1) is 5.63. The number of nitrogens with two attached hydrogens (primary N) is 1. The van der Waals surface area contributed by atoms with E-state index in [1.54, 1.807) is 0 Å². The van der Waals surface area contributed by atoms with Gasteiger partial charge in [-0.1, -0.05) is 6.58 Å². The lowest BCUT2D eigenvalue weighted by Gasteiger charge is -1.67. The van der Waals surface area contributed by atoms with E-state index < -0.39 is 11.0 Å². The second kappa shape index (κ2) is 2.85. The predicted octanol–water partition coefficient (Wildman–Crippen LogP) is -0.0926. The van der Waals surface area contributed by atoms with Crippen LogP contribution in [0.2, 0.25) is 0 Å². The first-order valence-corrected chi connectivity index (χ1v) is 2.56. The van der Waals surface area contributed by atoms with Gasteiger partial charge in [0.05, 0.1) is 5.41 Å². The largest absolute Gasteiger partial charge is 0.248 e. The lowest BCUT2D eigenvalue weighted by atomic mass is 11.0. The summed E-state index contributed by atoms with van der Waals surface area (Å²) in [6.07, 6.45) is 0. The van der Waals surface area contributed by atoms with Crippen molar-refractivity contribution in [3.05, 3.63) is 17.7 Å². The Bertz CT molecular complexity index is 103. The fraction of sp³-hybridized carbons (Fsp3) is 0. The Kier molecular flexibility index (Phi) is 2.67. The summed E-state index contributed by atoms with van der Waals surface area (Å²) in [5, 5.41) is 5.90. The second-order valence-corrected chi connectivity index (χ2v) is 1.54. The van der Waals surface area contributed by atoms with Crippen LogP contribution >= 0.6 is 0 Å². The maximum absolute atomic E-state index is 9.77. The molecular weight excluding hydrogens is 98.1 g/mol. The van der Waals surface area contributed by atoms with E-state index in [0.29, 0.717) is 0 Å². The highest BCUT2D eigenvalue weighted by Gasteiger charge is 1.68. The molecule has 0 rings (SSSR count). The van der Waals surface area contributed by atoms with Crippen LogP contribution in [0.25, 0.3) is 0 Å². The highest BCUT2D eigenvalue weighted by molar-refractivity contribution is 7.85. The molecule has 34 valence electrons. The molecule has 0 saturated heterocycles. The lowest BCUT2D eigenvalue weighted by Crippen LogP contribution is -1.94. The Morgan fingerprint density at radius 3 is 2.50 bits per heavy atom. The Morgan fingerprint density at radius 2 is 2.50 bits per heavy atom. The van der Waals surface area contributed by atoms with Crippen LogP contribution in [-0.4, -0.2) is 4.21 Å². The van der Waals surface area contributed by atoms with Crippen LogP contribution < -0.4 is 5.14 Å². The van der Waals surface area contributed by atoms with Gasteiger partial charge in [0.25, 0.3) is 0 Å². The molecule has 0 aromatic heterocycles. The number of rotatable bonds is 1. The zero-order valence-corrected chi connectivity index (χ0v) is 3.99. The monoisotopic (exact) mass is 103 g/mol. The van der Waals surface area contributed by atoms with Crippen molar-refractivity contribution >= 4 is 11.0 Å². The normalized spacial score (nSPS) is 12.2. The molecule has 0 heterocycles.